The van der Waals surface area contributed by atoms with Gasteiger partial charge in [0.2, 0.25) is 0 Å². The predicted octanol–water partition coefficient (Wildman–Crippen LogP) is 5.88. The highest BCUT2D eigenvalue weighted by molar-refractivity contribution is 6.74. The average molecular weight is 523 g/mol. The summed E-state index contributed by atoms with van der Waals surface area (Å²) in [5.74, 6) is -0.712. The van der Waals surface area contributed by atoms with Crippen LogP contribution in [-0.2, 0) is 18.6 Å². The van der Waals surface area contributed by atoms with Crippen LogP contribution < -0.4 is 5.32 Å². The molecular weight excluding hydrogens is 484 g/mol. The molecule has 4 heterocycles. The molecule has 2 aliphatic heterocycles. The summed E-state index contributed by atoms with van der Waals surface area (Å²) in [4.78, 5) is 4.63. The van der Waals surface area contributed by atoms with Gasteiger partial charge in [0.05, 0.1) is 23.9 Å². The van der Waals surface area contributed by atoms with Crippen molar-refractivity contribution in [2.75, 3.05) is 11.9 Å². The predicted molar refractivity (Wildman–Crippen MR) is 139 cm³/mol. The van der Waals surface area contributed by atoms with Crippen molar-refractivity contribution in [3.63, 3.8) is 0 Å². The van der Waals surface area contributed by atoms with Gasteiger partial charge in [-0.1, -0.05) is 45.2 Å². The monoisotopic (exact) mass is 522 g/mol. The Morgan fingerprint density at radius 3 is 2.57 bits per heavy atom. The highest BCUT2D eigenvalue weighted by Gasteiger charge is 2.57. The fourth-order valence-corrected chi connectivity index (χ4v) is 6.28. The third-order valence-corrected chi connectivity index (χ3v) is 12.7. The van der Waals surface area contributed by atoms with Crippen LogP contribution in [0.3, 0.4) is 0 Å². The third-order valence-electron chi connectivity index (χ3n) is 8.03. The second-order valence-electron chi connectivity index (χ2n) is 12.1. The molecule has 0 aromatic carbocycles. The highest BCUT2D eigenvalue weighted by atomic mass is 35.5. The molecule has 8 nitrogen and oxygen atoms in total. The summed E-state index contributed by atoms with van der Waals surface area (Å²) in [7, 11) is -1.95. The minimum absolute atomic E-state index is 0.109. The second kappa shape index (κ2) is 8.95. The van der Waals surface area contributed by atoms with Crippen molar-refractivity contribution in [3.05, 3.63) is 17.4 Å². The molecule has 0 amide bonds. The van der Waals surface area contributed by atoms with E-state index in [4.69, 9.17) is 35.3 Å². The number of fused-ring (bicyclic) bond motifs is 2. The van der Waals surface area contributed by atoms with Gasteiger partial charge in [0.1, 0.15) is 23.5 Å². The van der Waals surface area contributed by atoms with Gasteiger partial charge < -0.3 is 24.0 Å². The van der Waals surface area contributed by atoms with Gasteiger partial charge in [-0.3, -0.25) is 0 Å². The number of rotatable bonds is 6. The fraction of sp³-hybridized carbons (Fsp3) is 0.760. The molecule has 4 atom stereocenters. The number of anilines is 1. The SMILES string of the molecule is CC1(C)O[C@@H]2[C@H](O1)[C@@H](CO[Si](C)(C)C(C)(C)C)O[C@H]2n1ncc2c(NC3CCCC3)cc(Cl)nc21. The maximum absolute atomic E-state index is 6.54. The van der Waals surface area contributed by atoms with Gasteiger partial charge in [-0.15, -0.1) is 0 Å². The summed E-state index contributed by atoms with van der Waals surface area (Å²) < 4.78 is 27.5. The number of nitrogens with zero attached hydrogens (tertiary/aromatic N) is 3. The molecule has 0 radical (unpaired) electrons. The molecular formula is C25H39ClN4O4Si. The van der Waals surface area contributed by atoms with E-state index in [0.717, 1.165) is 11.1 Å². The lowest BCUT2D eigenvalue weighted by atomic mass is 10.1. The minimum Gasteiger partial charge on any atom is -0.414 e. The van der Waals surface area contributed by atoms with Gasteiger partial charge in [-0.05, 0) is 50.9 Å². The first kappa shape index (κ1) is 25.4. The smallest absolute Gasteiger partial charge is 0.192 e. The number of halogens is 1. The lowest BCUT2D eigenvalue weighted by Gasteiger charge is -2.37. The number of hydrogen-bond acceptors (Lipinski definition) is 7. The van der Waals surface area contributed by atoms with Crippen molar-refractivity contribution in [1.29, 1.82) is 0 Å². The third kappa shape index (κ3) is 4.87. The van der Waals surface area contributed by atoms with Crippen LogP contribution in [0.15, 0.2) is 12.3 Å². The Labute approximate surface area is 214 Å². The lowest BCUT2D eigenvalue weighted by Crippen LogP contribution is -2.44. The minimum atomic E-state index is -1.95. The molecule has 35 heavy (non-hydrogen) atoms. The maximum atomic E-state index is 6.54. The molecule has 194 valence electrons. The summed E-state index contributed by atoms with van der Waals surface area (Å²) in [5, 5.41) is 9.83. The van der Waals surface area contributed by atoms with Crippen molar-refractivity contribution in [3.8, 4) is 0 Å². The number of aromatic nitrogens is 3. The molecule has 3 fully saturated rings. The van der Waals surface area contributed by atoms with Gasteiger partial charge >= 0.3 is 0 Å². The van der Waals surface area contributed by atoms with E-state index in [2.05, 4.69) is 44.2 Å². The van der Waals surface area contributed by atoms with Crippen LogP contribution in [0, 0.1) is 0 Å². The van der Waals surface area contributed by atoms with Gasteiger partial charge in [0.25, 0.3) is 0 Å². The van der Waals surface area contributed by atoms with Gasteiger partial charge in [0.15, 0.2) is 26.0 Å². The quantitative estimate of drug-likeness (QED) is 0.375. The first-order valence-electron chi connectivity index (χ1n) is 12.8. The van der Waals surface area contributed by atoms with E-state index in [-0.39, 0.29) is 23.4 Å². The fourth-order valence-electron chi connectivity index (χ4n) is 5.08. The first-order valence-corrected chi connectivity index (χ1v) is 16.1. The second-order valence-corrected chi connectivity index (χ2v) is 17.3. The van der Waals surface area contributed by atoms with Crippen LogP contribution in [-0.4, -0.2) is 59.8 Å². The van der Waals surface area contributed by atoms with Crippen LogP contribution in [0.1, 0.15) is 66.5 Å². The Kier molecular flexibility index (Phi) is 6.50. The first-order chi connectivity index (χ1) is 16.3. The summed E-state index contributed by atoms with van der Waals surface area (Å²) in [6, 6.07) is 2.34. The molecule has 0 spiro atoms. The summed E-state index contributed by atoms with van der Waals surface area (Å²) in [6.07, 6.45) is 5.35. The molecule has 1 N–H and O–H groups in total. The molecule has 5 rings (SSSR count). The number of hydrogen-bond donors (Lipinski definition) is 1. The largest absolute Gasteiger partial charge is 0.414 e. The van der Waals surface area contributed by atoms with E-state index in [1.807, 2.05) is 26.1 Å². The Bertz CT molecular complexity index is 1080. The number of nitrogens with one attached hydrogen (secondary N) is 1. The molecule has 0 bridgehead atoms. The zero-order valence-corrected chi connectivity index (χ0v) is 23.7. The zero-order valence-electron chi connectivity index (χ0n) is 21.9. The van der Waals surface area contributed by atoms with Crippen molar-refractivity contribution < 1.29 is 18.6 Å². The average Bonchev–Trinajstić information content (AvgIpc) is 3.50. The Morgan fingerprint density at radius 2 is 1.89 bits per heavy atom. The van der Waals surface area contributed by atoms with Crippen LogP contribution in [0.5, 0.6) is 0 Å². The van der Waals surface area contributed by atoms with Crippen molar-refractivity contribution in [2.24, 2.45) is 0 Å². The van der Waals surface area contributed by atoms with Gasteiger partial charge in [0, 0.05) is 6.04 Å². The van der Waals surface area contributed by atoms with Crippen molar-refractivity contribution in [2.45, 2.75) is 115 Å². The molecule has 2 aromatic heterocycles. The number of pyridine rings is 1. The summed E-state index contributed by atoms with van der Waals surface area (Å²) >= 11 is 6.47. The van der Waals surface area contributed by atoms with Crippen molar-refractivity contribution >= 4 is 36.6 Å². The Balaban J connectivity index is 1.44. The molecule has 2 aromatic rings. The van der Waals surface area contributed by atoms with E-state index >= 15 is 0 Å². The van der Waals surface area contributed by atoms with Crippen LogP contribution in [0.25, 0.3) is 11.0 Å². The Morgan fingerprint density at radius 1 is 1.20 bits per heavy atom. The summed E-state index contributed by atoms with van der Waals surface area (Å²) in [6.45, 7) is 15.5. The van der Waals surface area contributed by atoms with E-state index in [1.165, 1.54) is 25.7 Å². The molecule has 1 saturated carbocycles. The van der Waals surface area contributed by atoms with Crippen molar-refractivity contribution in [1.82, 2.24) is 14.8 Å². The lowest BCUT2D eigenvalue weighted by molar-refractivity contribution is -0.200. The highest BCUT2D eigenvalue weighted by Crippen LogP contribution is 2.45. The molecule has 10 heteroatoms. The number of ether oxygens (including phenoxy) is 3. The molecule has 2 saturated heterocycles. The normalized spacial score (nSPS) is 29.3. The van der Waals surface area contributed by atoms with E-state index in [1.54, 1.807) is 4.68 Å². The van der Waals surface area contributed by atoms with Crippen LogP contribution in [0.4, 0.5) is 5.69 Å². The maximum Gasteiger partial charge on any atom is 0.192 e. The topological polar surface area (TPSA) is 79.7 Å². The van der Waals surface area contributed by atoms with Gasteiger partial charge in [-0.2, -0.15) is 5.10 Å². The molecule has 3 aliphatic rings. The van der Waals surface area contributed by atoms with E-state index < -0.39 is 20.3 Å². The molecule has 0 unspecified atom stereocenters. The van der Waals surface area contributed by atoms with E-state index in [0.29, 0.717) is 23.4 Å². The Hall–Kier alpha value is -1.23. The van der Waals surface area contributed by atoms with E-state index in [9.17, 15) is 0 Å². The summed E-state index contributed by atoms with van der Waals surface area (Å²) in [5.41, 5.74) is 1.65. The zero-order chi connectivity index (χ0) is 25.2. The van der Waals surface area contributed by atoms with Crippen LogP contribution >= 0.6 is 11.6 Å². The molecule has 1 aliphatic carbocycles. The van der Waals surface area contributed by atoms with Gasteiger partial charge in [-0.25, -0.2) is 9.67 Å². The standard InChI is InChI=1S/C25H39ClN4O4Si/c1-24(2,3)35(6,7)31-14-18-20-21(34-25(4,5)33-20)23(32-18)30-22-16(13-27-30)17(12-19(26)29-22)28-15-10-8-9-11-15/h12-13,15,18,20-21,23H,8-11,14H2,1-7H3,(H,28,29)/t18-,20-,21-,23-/m1/s1. The van der Waals surface area contributed by atoms with Crippen LogP contribution in [0.2, 0.25) is 23.3 Å².